The van der Waals surface area contributed by atoms with E-state index in [0.717, 1.165) is 30.9 Å². The molecule has 5 heteroatoms. The van der Waals surface area contributed by atoms with Gasteiger partial charge in [0.1, 0.15) is 5.82 Å². The van der Waals surface area contributed by atoms with Crippen LogP contribution in [0.5, 0.6) is 0 Å². The topological polar surface area (TPSA) is 48.5 Å². The molecule has 2 fully saturated rings. The van der Waals surface area contributed by atoms with E-state index >= 15 is 0 Å². The van der Waals surface area contributed by atoms with Crippen molar-refractivity contribution >= 4 is 11.7 Å². The number of hydrogen-bond donors (Lipinski definition) is 1. The summed E-state index contributed by atoms with van der Waals surface area (Å²) in [5, 5.41) is 2.98. The Balaban J connectivity index is 1.65. The van der Waals surface area contributed by atoms with Crippen LogP contribution in [0.25, 0.3) is 0 Å². The SMILES string of the molecule is CNc1cc(C(=O)N2CCC(N3CCCC3)C2)ccn1. The van der Waals surface area contributed by atoms with Crippen molar-refractivity contribution in [2.24, 2.45) is 0 Å². The number of carbonyl (C=O) groups is 1. The van der Waals surface area contributed by atoms with E-state index in [1.54, 1.807) is 12.3 Å². The lowest BCUT2D eigenvalue weighted by Gasteiger charge is -2.23. The van der Waals surface area contributed by atoms with Gasteiger partial charge in [-0.3, -0.25) is 9.69 Å². The van der Waals surface area contributed by atoms with E-state index < -0.39 is 0 Å². The second-order valence-corrected chi connectivity index (χ2v) is 5.62. The second-order valence-electron chi connectivity index (χ2n) is 5.62. The third kappa shape index (κ3) is 2.63. The third-order valence-corrected chi connectivity index (χ3v) is 4.37. The lowest BCUT2D eigenvalue weighted by molar-refractivity contribution is 0.0780. The molecule has 0 bridgehead atoms. The fraction of sp³-hybridized carbons (Fsp3) is 0.600. The molecule has 1 amide bonds. The van der Waals surface area contributed by atoms with Crippen LogP contribution in [0.15, 0.2) is 18.3 Å². The number of pyridine rings is 1. The molecule has 2 saturated heterocycles. The highest BCUT2D eigenvalue weighted by Gasteiger charge is 2.31. The Morgan fingerprint density at radius 3 is 2.90 bits per heavy atom. The van der Waals surface area contributed by atoms with E-state index in [-0.39, 0.29) is 5.91 Å². The van der Waals surface area contributed by atoms with Gasteiger partial charge < -0.3 is 10.2 Å². The Hall–Kier alpha value is -1.62. The fourth-order valence-electron chi connectivity index (χ4n) is 3.21. The van der Waals surface area contributed by atoms with Crippen LogP contribution in [0.2, 0.25) is 0 Å². The highest BCUT2D eigenvalue weighted by molar-refractivity contribution is 5.95. The van der Waals surface area contributed by atoms with Gasteiger partial charge >= 0.3 is 0 Å². The van der Waals surface area contributed by atoms with Gasteiger partial charge in [0.25, 0.3) is 5.91 Å². The molecule has 1 aromatic rings. The maximum Gasteiger partial charge on any atom is 0.254 e. The standard InChI is InChI=1S/C15H22N4O/c1-16-14-10-12(4-6-17-14)15(20)19-9-5-13(11-19)18-7-2-3-8-18/h4,6,10,13H,2-3,5,7-9,11H2,1H3,(H,16,17). The molecule has 3 heterocycles. The largest absolute Gasteiger partial charge is 0.373 e. The molecule has 0 aromatic carbocycles. The van der Waals surface area contributed by atoms with Crippen molar-refractivity contribution in [3.63, 3.8) is 0 Å². The fourth-order valence-corrected chi connectivity index (χ4v) is 3.21. The van der Waals surface area contributed by atoms with E-state index in [2.05, 4.69) is 15.2 Å². The summed E-state index contributed by atoms with van der Waals surface area (Å²) < 4.78 is 0. The predicted molar refractivity (Wildman–Crippen MR) is 78.9 cm³/mol. The minimum absolute atomic E-state index is 0.130. The van der Waals surface area contributed by atoms with Crippen LogP contribution in [0.4, 0.5) is 5.82 Å². The molecule has 0 radical (unpaired) electrons. The Morgan fingerprint density at radius 2 is 2.15 bits per heavy atom. The highest BCUT2D eigenvalue weighted by atomic mass is 16.2. The Kier molecular flexibility index (Phi) is 3.87. The number of nitrogens with zero attached hydrogens (tertiary/aromatic N) is 3. The number of hydrogen-bond acceptors (Lipinski definition) is 4. The van der Waals surface area contributed by atoms with Gasteiger partial charge in [0.2, 0.25) is 0 Å². The summed E-state index contributed by atoms with van der Waals surface area (Å²) in [6.07, 6.45) is 5.41. The molecule has 0 spiro atoms. The normalized spacial score (nSPS) is 23.2. The monoisotopic (exact) mass is 274 g/mol. The third-order valence-electron chi connectivity index (χ3n) is 4.37. The summed E-state index contributed by atoms with van der Waals surface area (Å²) in [6, 6.07) is 4.18. The van der Waals surface area contributed by atoms with Gasteiger partial charge in [0.05, 0.1) is 0 Å². The molecular formula is C15H22N4O. The minimum atomic E-state index is 0.130. The van der Waals surface area contributed by atoms with Crippen LogP contribution in [-0.2, 0) is 0 Å². The molecule has 1 aromatic heterocycles. The quantitative estimate of drug-likeness (QED) is 0.906. The zero-order chi connectivity index (χ0) is 13.9. The first-order valence-electron chi connectivity index (χ1n) is 7.45. The molecule has 0 aliphatic carbocycles. The molecule has 2 aliphatic rings. The molecule has 2 aliphatic heterocycles. The van der Waals surface area contributed by atoms with Gasteiger partial charge in [0.15, 0.2) is 0 Å². The first kappa shape index (κ1) is 13.4. The molecule has 0 saturated carbocycles. The van der Waals surface area contributed by atoms with Crippen LogP contribution in [0.3, 0.4) is 0 Å². The molecule has 5 nitrogen and oxygen atoms in total. The Morgan fingerprint density at radius 1 is 1.35 bits per heavy atom. The lowest BCUT2D eigenvalue weighted by Crippen LogP contribution is -2.37. The van der Waals surface area contributed by atoms with Gasteiger partial charge in [-0.2, -0.15) is 0 Å². The van der Waals surface area contributed by atoms with Gasteiger partial charge in [-0.25, -0.2) is 4.98 Å². The van der Waals surface area contributed by atoms with Crippen molar-refractivity contribution in [1.29, 1.82) is 0 Å². The molecular weight excluding hydrogens is 252 g/mol. The van der Waals surface area contributed by atoms with E-state index in [9.17, 15) is 4.79 Å². The number of amides is 1. The summed E-state index contributed by atoms with van der Waals surface area (Å²) >= 11 is 0. The van der Waals surface area contributed by atoms with E-state index in [0.29, 0.717) is 6.04 Å². The van der Waals surface area contributed by atoms with Crippen molar-refractivity contribution < 1.29 is 4.79 Å². The van der Waals surface area contributed by atoms with E-state index in [4.69, 9.17) is 0 Å². The van der Waals surface area contributed by atoms with E-state index in [1.165, 1.54) is 25.9 Å². The zero-order valence-corrected chi connectivity index (χ0v) is 12.0. The number of nitrogens with one attached hydrogen (secondary N) is 1. The summed E-state index contributed by atoms with van der Waals surface area (Å²) in [5.41, 5.74) is 0.728. The van der Waals surface area contributed by atoms with Crippen molar-refractivity contribution in [3.05, 3.63) is 23.9 Å². The maximum absolute atomic E-state index is 12.5. The summed E-state index contributed by atoms with van der Waals surface area (Å²) in [5.74, 6) is 0.872. The van der Waals surface area contributed by atoms with Gasteiger partial charge in [-0.1, -0.05) is 0 Å². The maximum atomic E-state index is 12.5. The van der Waals surface area contributed by atoms with Gasteiger partial charge in [0, 0.05) is 37.9 Å². The molecule has 1 atom stereocenters. The van der Waals surface area contributed by atoms with Gasteiger partial charge in [-0.15, -0.1) is 0 Å². The van der Waals surface area contributed by atoms with Crippen molar-refractivity contribution in [2.75, 3.05) is 38.5 Å². The minimum Gasteiger partial charge on any atom is -0.373 e. The zero-order valence-electron chi connectivity index (χ0n) is 12.0. The molecule has 1 unspecified atom stereocenters. The van der Waals surface area contributed by atoms with Crippen LogP contribution < -0.4 is 5.32 Å². The van der Waals surface area contributed by atoms with Crippen molar-refractivity contribution in [1.82, 2.24) is 14.8 Å². The number of likely N-dealkylation sites (tertiary alicyclic amines) is 2. The molecule has 108 valence electrons. The number of anilines is 1. The van der Waals surface area contributed by atoms with Crippen molar-refractivity contribution in [2.45, 2.75) is 25.3 Å². The molecule has 1 N–H and O–H groups in total. The number of rotatable bonds is 3. The summed E-state index contributed by atoms with van der Waals surface area (Å²) in [4.78, 5) is 21.2. The number of carbonyl (C=O) groups excluding carboxylic acids is 1. The highest BCUT2D eigenvalue weighted by Crippen LogP contribution is 2.22. The number of aromatic nitrogens is 1. The molecule has 20 heavy (non-hydrogen) atoms. The van der Waals surface area contributed by atoms with Crippen molar-refractivity contribution in [3.8, 4) is 0 Å². The Bertz CT molecular complexity index is 485. The Labute approximate surface area is 120 Å². The van der Waals surface area contributed by atoms with Crippen LogP contribution in [-0.4, -0.2) is 60.0 Å². The summed E-state index contributed by atoms with van der Waals surface area (Å²) in [7, 11) is 1.82. The first-order valence-corrected chi connectivity index (χ1v) is 7.45. The average molecular weight is 274 g/mol. The van der Waals surface area contributed by atoms with Crippen LogP contribution >= 0.6 is 0 Å². The molecule has 3 rings (SSSR count). The van der Waals surface area contributed by atoms with Crippen LogP contribution in [0.1, 0.15) is 29.6 Å². The van der Waals surface area contributed by atoms with Gasteiger partial charge in [-0.05, 0) is 44.5 Å². The predicted octanol–water partition coefficient (Wildman–Crippen LogP) is 1.43. The van der Waals surface area contributed by atoms with Crippen LogP contribution in [0, 0.1) is 0 Å². The average Bonchev–Trinajstić information content (AvgIpc) is 3.17. The summed E-state index contributed by atoms with van der Waals surface area (Å²) in [6.45, 7) is 4.14. The first-order chi connectivity index (χ1) is 9.78. The lowest BCUT2D eigenvalue weighted by atomic mass is 10.2. The smallest absolute Gasteiger partial charge is 0.254 e. The van der Waals surface area contributed by atoms with E-state index in [1.807, 2.05) is 18.0 Å². The second kappa shape index (κ2) is 5.79.